The second kappa shape index (κ2) is 7.26. The third-order valence-corrected chi connectivity index (χ3v) is 5.54. The van der Waals surface area contributed by atoms with Gasteiger partial charge in [0.2, 0.25) is 5.91 Å². The number of amides is 1. The highest BCUT2D eigenvalue weighted by Gasteiger charge is 2.27. The van der Waals surface area contributed by atoms with Crippen LogP contribution in [0.25, 0.3) is 0 Å². The molecule has 1 unspecified atom stereocenters. The van der Waals surface area contributed by atoms with Gasteiger partial charge >= 0.3 is 0 Å². The van der Waals surface area contributed by atoms with E-state index in [0.717, 1.165) is 18.4 Å². The zero-order valence-electron chi connectivity index (χ0n) is 14.8. The highest BCUT2D eigenvalue weighted by Crippen LogP contribution is 2.27. The molecule has 0 saturated carbocycles. The molecular weight excluding hydrogens is 413 g/mol. The Bertz CT molecular complexity index is 996. The maximum absolute atomic E-state index is 13.8. The molecular formula is C19H19BrFN5O. The van der Waals surface area contributed by atoms with Crippen LogP contribution in [0.3, 0.4) is 0 Å². The number of nitrogens with zero attached hydrogens (tertiary/aromatic N) is 4. The molecule has 1 amide bonds. The van der Waals surface area contributed by atoms with E-state index in [2.05, 4.69) is 31.4 Å². The van der Waals surface area contributed by atoms with Gasteiger partial charge in [-0.1, -0.05) is 18.2 Å². The van der Waals surface area contributed by atoms with Crippen molar-refractivity contribution in [1.82, 2.24) is 19.6 Å². The zero-order valence-corrected chi connectivity index (χ0v) is 16.4. The van der Waals surface area contributed by atoms with Gasteiger partial charge < -0.3 is 5.32 Å². The van der Waals surface area contributed by atoms with Gasteiger partial charge in [0.1, 0.15) is 5.82 Å². The number of halogens is 2. The van der Waals surface area contributed by atoms with Crippen molar-refractivity contribution in [3.63, 3.8) is 0 Å². The van der Waals surface area contributed by atoms with Gasteiger partial charge in [-0.2, -0.15) is 10.2 Å². The van der Waals surface area contributed by atoms with Crippen molar-refractivity contribution >= 4 is 27.7 Å². The highest BCUT2D eigenvalue weighted by molar-refractivity contribution is 9.10. The fourth-order valence-corrected chi connectivity index (χ4v) is 3.90. The number of benzene rings is 1. The van der Waals surface area contributed by atoms with E-state index >= 15 is 0 Å². The van der Waals surface area contributed by atoms with Crippen molar-refractivity contribution in [3.8, 4) is 0 Å². The molecule has 3 aromatic rings. The van der Waals surface area contributed by atoms with E-state index in [1.807, 2.05) is 17.9 Å². The van der Waals surface area contributed by atoms with Crippen LogP contribution in [0.2, 0.25) is 0 Å². The first-order valence-electron chi connectivity index (χ1n) is 8.78. The molecule has 6 nitrogen and oxygen atoms in total. The number of rotatable bonds is 4. The standard InChI is InChI=1S/C19H19BrFN5O/c1-25-17-7-6-12(8-14(17)9-22-25)19(27)23-18-15(20)11-26(24-18)10-13-4-2-3-5-16(13)21/h2-5,9,11-12H,6-8,10H2,1H3,(H,23,24,27). The van der Waals surface area contributed by atoms with Gasteiger partial charge in [-0.25, -0.2) is 4.39 Å². The van der Waals surface area contributed by atoms with Crippen molar-refractivity contribution in [2.75, 3.05) is 5.32 Å². The Morgan fingerprint density at radius 2 is 2.22 bits per heavy atom. The van der Waals surface area contributed by atoms with Gasteiger partial charge in [0.05, 0.1) is 17.2 Å². The SMILES string of the molecule is Cn1ncc2c1CCC(C(=O)Nc1nn(Cc3ccccc3F)cc1Br)C2. The van der Waals surface area contributed by atoms with Crippen molar-refractivity contribution in [1.29, 1.82) is 0 Å². The number of carbonyl (C=O) groups excluding carboxylic acids is 1. The maximum Gasteiger partial charge on any atom is 0.229 e. The third-order valence-electron chi connectivity index (χ3n) is 4.96. The highest BCUT2D eigenvalue weighted by atomic mass is 79.9. The summed E-state index contributed by atoms with van der Waals surface area (Å²) in [7, 11) is 1.93. The summed E-state index contributed by atoms with van der Waals surface area (Å²) in [6.07, 6.45) is 5.89. The lowest BCUT2D eigenvalue weighted by Crippen LogP contribution is -2.28. The van der Waals surface area contributed by atoms with Crippen LogP contribution in [0.15, 0.2) is 41.1 Å². The predicted molar refractivity (Wildman–Crippen MR) is 103 cm³/mol. The Morgan fingerprint density at radius 1 is 1.41 bits per heavy atom. The summed E-state index contributed by atoms with van der Waals surface area (Å²) < 4.78 is 18.0. The molecule has 0 saturated heterocycles. The number of anilines is 1. The molecule has 2 aromatic heterocycles. The summed E-state index contributed by atoms with van der Waals surface area (Å²) in [5.41, 5.74) is 2.88. The van der Waals surface area contributed by atoms with Crippen molar-refractivity contribution in [3.05, 3.63) is 63.8 Å². The molecule has 0 fully saturated rings. The Hall–Kier alpha value is -2.48. The summed E-state index contributed by atoms with van der Waals surface area (Å²) >= 11 is 3.43. The minimum Gasteiger partial charge on any atom is -0.308 e. The minimum atomic E-state index is -0.274. The van der Waals surface area contributed by atoms with Crippen LogP contribution in [0.5, 0.6) is 0 Å². The molecule has 0 aliphatic heterocycles. The van der Waals surface area contributed by atoms with Gasteiger partial charge in [-0.05, 0) is 46.8 Å². The summed E-state index contributed by atoms with van der Waals surface area (Å²) in [5, 5.41) is 11.6. The van der Waals surface area contributed by atoms with Crippen molar-refractivity contribution in [2.24, 2.45) is 13.0 Å². The Morgan fingerprint density at radius 3 is 3.04 bits per heavy atom. The molecule has 0 bridgehead atoms. The topological polar surface area (TPSA) is 64.7 Å². The number of fused-ring (bicyclic) bond motifs is 1. The lowest BCUT2D eigenvalue weighted by atomic mass is 9.87. The van der Waals surface area contributed by atoms with Crippen LogP contribution in [0, 0.1) is 11.7 Å². The molecule has 1 aliphatic rings. The summed E-state index contributed by atoms with van der Waals surface area (Å²) in [5.74, 6) is 0.0178. The summed E-state index contributed by atoms with van der Waals surface area (Å²) in [6.45, 7) is 0.295. The van der Waals surface area contributed by atoms with Crippen LogP contribution in [-0.4, -0.2) is 25.5 Å². The van der Waals surface area contributed by atoms with Crippen LogP contribution in [-0.2, 0) is 31.2 Å². The van der Waals surface area contributed by atoms with E-state index in [1.165, 1.54) is 11.8 Å². The van der Waals surface area contributed by atoms with Gasteiger partial charge in [0.25, 0.3) is 0 Å². The fourth-order valence-electron chi connectivity index (χ4n) is 3.49. The average molecular weight is 432 g/mol. The smallest absolute Gasteiger partial charge is 0.229 e. The monoisotopic (exact) mass is 431 g/mol. The molecule has 8 heteroatoms. The molecule has 1 aliphatic carbocycles. The first kappa shape index (κ1) is 17.9. The van der Waals surface area contributed by atoms with Crippen molar-refractivity contribution in [2.45, 2.75) is 25.8 Å². The molecule has 140 valence electrons. The molecule has 1 aromatic carbocycles. The van der Waals surface area contributed by atoms with Gasteiger partial charge in [0, 0.05) is 30.4 Å². The van der Waals surface area contributed by atoms with E-state index in [0.29, 0.717) is 28.8 Å². The van der Waals surface area contributed by atoms with Gasteiger partial charge in [-0.3, -0.25) is 14.2 Å². The number of aryl methyl sites for hydroxylation is 1. The first-order chi connectivity index (χ1) is 13.0. The first-order valence-corrected chi connectivity index (χ1v) is 9.57. The number of hydrogen-bond donors (Lipinski definition) is 1. The quantitative estimate of drug-likeness (QED) is 0.688. The van der Waals surface area contributed by atoms with Crippen LogP contribution < -0.4 is 5.32 Å². The molecule has 1 atom stereocenters. The van der Waals surface area contributed by atoms with E-state index in [-0.39, 0.29) is 17.6 Å². The molecule has 2 heterocycles. The van der Waals surface area contributed by atoms with E-state index in [4.69, 9.17) is 0 Å². The van der Waals surface area contributed by atoms with E-state index < -0.39 is 0 Å². The second-order valence-corrected chi connectivity index (χ2v) is 7.64. The fraction of sp³-hybridized carbons (Fsp3) is 0.316. The Balaban J connectivity index is 1.45. The lowest BCUT2D eigenvalue weighted by Gasteiger charge is -2.21. The Kier molecular flexibility index (Phi) is 4.82. The van der Waals surface area contributed by atoms with Gasteiger partial charge in [0.15, 0.2) is 5.82 Å². The summed E-state index contributed by atoms with van der Waals surface area (Å²) in [4.78, 5) is 12.7. The minimum absolute atomic E-state index is 0.0543. The van der Waals surface area contributed by atoms with Crippen LogP contribution in [0.4, 0.5) is 10.2 Å². The van der Waals surface area contributed by atoms with E-state index in [9.17, 15) is 9.18 Å². The zero-order chi connectivity index (χ0) is 19.0. The number of aromatic nitrogens is 4. The van der Waals surface area contributed by atoms with Gasteiger partial charge in [-0.15, -0.1) is 0 Å². The summed E-state index contributed by atoms with van der Waals surface area (Å²) in [6, 6.07) is 6.58. The third kappa shape index (κ3) is 3.66. The van der Waals surface area contributed by atoms with Crippen molar-refractivity contribution < 1.29 is 9.18 Å². The number of hydrogen-bond acceptors (Lipinski definition) is 3. The van der Waals surface area contributed by atoms with E-state index in [1.54, 1.807) is 29.1 Å². The lowest BCUT2D eigenvalue weighted by molar-refractivity contribution is -0.120. The average Bonchev–Trinajstić information content (AvgIpc) is 3.19. The molecule has 0 radical (unpaired) electrons. The molecule has 0 spiro atoms. The molecule has 4 rings (SSSR count). The predicted octanol–water partition coefficient (Wildman–Crippen LogP) is 3.31. The normalized spacial score (nSPS) is 16.2. The molecule has 1 N–H and O–H groups in total. The second-order valence-electron chi connectivity index (χ2n) is 6.78. The maximum atomic E-state index is 13.8. The largest absolute Gasteiger partial charge is 0.308 e. The number of carbonyl (C=O) groups is 1. The molecule has 27 heavy (non-hydrogen) atoms. The Labute approximate surface area is 164 Å². The number of nitrogens with one attached hydrogen (secondary N) is 1. The van der Waals surface area contributed by atoms with Crippen LogP contribution >= 0.6 is 15.9 Å². The van der Waals surface area contributed by atoms with Crippen LogP contribution in [0.1, 0.15) is 23.2 Å².